The molecule has 2 aliphatic heterocycles. The number of anilines is 2. The van der Waals surface area contributed by atoms with Gasteiger partial charge in [0, 0.05) is 49.0 Å². The van der Waals surface area contributed by atoms with Gasteiger partial charge in [-0.1, -0.05) is 23.8 Å². The first-order valence-corrected chi connectivity index (χ1v) is 10.7. The van der Waals surface area contributed by atoms with Crippen molar-refractivity contribution >= 4 is 46.1 Å². The lowest BCUT2D eigenvalue weighted by atomic mass is 10.2. The number of halogens is 4. The van der Waals surface area contributed by atoms with E-state index in [0.29, 0.717) is 54.0 Å². The van der Waals surface area contributed by atoms with Gasteiger partial charge in [-0.3, -0.25) is 14.6 Å². The van der Waals surface area contributed by atoms with Crippen molar-refractivity contribution in [1.29, 1.82) is 0 Å². The summed E-state index contributed by atoms with van der Waals surface area (Å²) in [6.45, 7) is 2.70. The van der Waals surface area contributed by atoms with Crippen LogP contribution in [0.2, 0.25) is 5.02 Å². The number of thiocarbonyl (C=S) groups is 1. The molecule has 1 N–H and O–H groups in total. The van der Waals surface area contributed by atoms with Gasteiger partial charge in [0.05, 0.1) is 6.04 Å². The van der Waals surface area contributed by atoms with Gasteiger partial charge in [-0.25, -0.2) is 5.01 Å². The van der Waals surface area contributed by atoms with Gasteiger partial charge in [-0.05, 0) is 48.5 Å². The number of nitrogens with one attached hydrogen (secondary N) is 1. The smallest absolute Gasteiger partial charge is 0.406 e. The molecule has 0 aliphatic carbocycles. The van der Waals surface area contributed by atoms with E-state index in [-0.39, 0.29) is 17.7 Å². The predicted octanol–water partition coefficient (Wildman–Crippen LogP) is 4.32. The number of hydrogen-bond acceptors (Lipinski definition) is 6. The molecular formula is C21H20ClF3N4O2S. The number of piperazine rings is 1. The van der Waals surface area contributed by atoms with Crippen LogP contribution in [0.15, 0.2) is 48.5 Å². The molecule has 1 atom stereocenters. The highest BCUT2D eigenvalue weighted by molar-refractivity contribution is 7.80. The van der Waals surface area contributed by atoms with E-state index in [2.05, 4.69) is 15.1 Å². The lowest BCUT2D eigenvalue weighted by molar-refractivity contribution is -0.274. The molecule has 2 fully saturated rings. The molecule has 2 aromatic rings. The maximum Gasteiger partial charge on any atom is 0.573 e. The molecular weight excluding hydrogens is 465 g/mol. The van der Waals surface area contributed by atoms with Gasteiger partial charge >= 0.3 is 6.36 Å². The van der Waals surface area contributed by atoms with Crippen LogP contribution in [0.5, 0.6) is 5.75 Å². The standard InChI is InChI=1S/C21H20ClF3N4O2S/c22-14-1-5-16(6-2-14)29-19(30)13-18(20(29)32)27-9-11-28(12-10-27)26-15-3-7-17(8-4-15)31-21(23,24)25/h1-8,18,26H,9-13H2. The summed E-state index contributed by atoms with van der Waals surface area (Å²) in [5.74, 6) is -0.304. The average molecular weight is 485 g/mol. The molecule has 4 rings (SSSR count). The monoisotopic (exact) mass is 484 g/mol. The highest BCUT2D eigenvalue weighted by atomic mass is 35.5. The van der Waals surface area contributed by atoms with Crippen LogP contribution in [-0.4, -0.2) is 59.4 Å². The Balaban J connectivity index is 1.31. The van der Waals surface area contributed by atoms with E-state index >= 15 is 0 Å². The van der Waals surface area contributed by atoms with Crippen molar-refractivity contribution in [2.24, 2.45) is 0 Å². The second-order valence-electron chi connectivity index (χ2n) is 7.47. The predicted molar refractivity (Wildman–Crippen MR) is 120 cm³/mol. The van der Waals surface area contributed by atoms with E-state index in [4.69, 9.17) is 23.8 Å². The second-order valence-corrected chi connectivity index (χ2v) is 8.33. The van der Waals surface area contributed by atoms with E-state index in [1.807, 2.05) is 5.01 Å². The molecule has 1 amide bonds. The number of carbonyl (C=O) groups is 1. The molecule has 11 heteroatoms. The summed E-state index contributed by atoms with van der Waals surface area (Å²) in [6, 6.07) is 12.5. The van der Waals surface area contributed by atoms with Crippen molar-refractivity contribution in [3.05, 3.63) is 53.6 Å². The van der Waals surface area contributed by atoms with Crippen LogP contribution in [0.25, 0.3) is 0 Å². The fraction of sp³-hybridized carbons (Fsp3) is 0.333. The van der Waals surface area contributed by atoms with Crippen molar-refractivity contribution in [1.82, 2.24) is 9.91 Å². The fourth-order valence-electron chi connectivity index (χ4n) is 3.82. The third-order valence-electron chi connectivity index (χ3n) is 5.34. The molecule has 0 saturated carbocycles. The molecule has 2 heterocycles. The maximum absolute atomic E-state index is 12.6. The lowest BCUT2D eigenvalue weighted by Gasteiger charge is -2.38. The van der Waals surface area contributed by atoms with Crippen molar-refractivity contribution < 1.29 is 22.7 Å². The normalized spacial score (nSPS) is 20.6. The van der Waals surface area contributed by atoms with Gasteiger partial charge in [-0.2, -0.15) is 0 Å². The number of hydrogen-bond donors (Lipinski definition) is 1. The number of hydrazine groups is 1. The van der Waals surface area contributed by atoms with E-state index in [0.717, 1.165) is 0 Å². The molecule has 6 nitrogen and oxygen atoms in total. The quantitative estimate of drug-likeness (QED) is 0.638. The number of amides is 1. The first-order chi connectivity index (χ1) is 15.2. The van der Waals surface area contributed by atoms with E-state index < -0.39 is 6.36 Å². The summed E-state index contributed by atoms with van der Waals surface area (Å²) in [4.78, 5) is 17.0. The molecule has 0 radical (unpaired) electrons. The number of rotatable bonds is 5. The number of ether oxygens (including phenoxy) is 1. The minimum atomic E-state index is -4.71. The fourth-order valence-corrected chi connectivity index (χ4v) is 4.39. The number of nitrogens with zero attached hydrogens (tertiary/aromatic N) is 3. The van der Waals surface area contributed by atoms with Crippen LogP contribution in [0.4, 0.5) is 24.5 Å². The van der Waals surface area contributed by atoms with Crippen LogP contribution in [0, 0.1) is 0 Å². The Morgan fingerprint density at radius 2 is 1.62 bits per heavy atom. The Labute approximate surface area is 193 Å². The third-order valence-corrected chi connectivity index (χ3v) is 6.04. The van der Waals surface area contributed by atoms with Crippen molar-refractivity contribution in [2.45, 2.75) is 18.8 Å². The minimum Gasteiger partial charge on any atom is -0.406 e. The Kier molecular flexibility index (Phi) is 6.57. The van der Waals surface area contributed by atoms with E-state index in [1.165, 1.54) is 24.3 Å². The van der Waals surface area contributed by atoms with Gasteiger partial charge in [0.1, 0.15) is 10.7 Å². The summed E-state index contributed by atoms with van der Waals surface area (Å²) in [5.41, 5.74) is 4.56. The zero-order valence-corrected chi connectivity index (χ0v) is 18.4. The van der Waals surface area contributed by atoms with Gasteiger partial charge in [-0.15, -0.1) is 13.2 Å². The first kappa shape index (κ1) is 22.8. The minimum absolute atomic E-state index is 0.0379. The topological polar surface area (TPSA) is 48.1 Å². The molecule has 2 saturated heterocycles. The second kappa shape index (κ2) is 9.22. The van der Waals surface area contributed by atoms with Gasteiger partial charge in [0.15, 0.2) is 0 Å². The summed E-state index contributed by atoms with van der Waals surface area (Å²) in [7, 11) is 0. The van der Waals surface area contributed by atoms with E-state index in [9.17, 15) is 18.0 Å². The molecule has 2 aromatic carbocycles. The van der Waals surface area contributed by atoms with Crippen molar-refractivity contribution in [3.8, 4) is 5.75 Å². The van der Waals surface area contributed by atoms with Gasteiger partial charge < -0.3 is 10.2 Å². The zero-order chi connectivity index (χ0) is 22.9. The Morgan fingerprint density at radius 1 is 1.00 bits per heavy atom. The highest BCUT2D eigenvalue weighted by Gasteiger charge is 2.40. The van der Waals surface area contributed by atoms with Crippen LogP contribution in [0.3, 0.4) is 0 Å². The zero-order valence-electron chi connectivity index (χ0n) is 16.8. The van der Waals surface area contributed by atoms with Crippen LogP contribution >= 0.6 is 23.8 Å². The molecule has 32 heavy (non-hydrogen) atoms. The molecule has 0 bridgehead atoms. The number of alkyl halides is 3. The summed E-state index contributed by atoms with van der Waals surface area (Å²) in [5, 5.41) is 2.57. The third kappa shape index (κ3) is 5.32. The summed E-state index contributed by atoms with van der Waals surface area (Å²) >= 11 is 11.6. The average Bonchev–Trinajstić information content (AvgIpc) is 3.04. The van der Waals surface area contributed by atoms with Crippen molar-refractivity contribution in [3.63, 3.8) is 0 Å². The molecule has 0 aromatic heterocycles. The van der Waals surface area contributed by atoms with Gasteiger partial charge in [0.2, 0.25) is 5.91 Å². The van der Waals surface area contributed by atoms with Crippen molar-refractivity contribution in [2.75, 3.05) is 36.5 Å². The van der Waals surface area contributed by atoms with Gasteiger partial charge in [0.25, 0.3) is 0 Å². The molecule has 0 spiro atoms. The van der Waals surface area contributed by atoms with Crippen LogP contribution in [0.1, 0.15) is 6.42 Å². The molecule has 1 unspecified atom stereocenters. The lowest BCUT2D eigenvalue weighted by Crippen LogP contribution is -2.53. The first-order valence-electron chi connectivity index (χ1n) is 9.93. The highest BCUT2D eigenvalue weighted by Crippen LogP contribution is 2.29. The molecule has 170 valence electrons. The molecule has 2 aliphatic rings. The number of benzene rings is 2. The largest absolute Gasteiger partial charge is 0.573 e. The SMILES string of the molecule is O=C1CC(N2CCN(Nc3ccc(OC(F)(F)F)cc3)CC2)C(=S)N1c1ccc(Cl)cc1. The maximum atomic E-state index is 12.6. The summed E-state index contributed by atoms with van der Waals surface area (Å²) < 4.78 is 40.7. The summed E-state index contributed by atoms with van der Waals surface area (Å²) in [6.07, 6.45) is -4.38. The van der Waals surface area contributed by atoms with E-state index in [1.54, 1.807) is 29.2 Å². The Hall–Kier alpha value is -2.40. The van der Waals surface area contributed by atoms with Crippen LogP contribution < -0.4 is 15.1 Å². The Morgan fingerprint density at radius 3 is 2.22 bits per heavy atom. The number of carbonyl (C=O) groups excluding carboxylic acids is 1. The van der Waals surface area contributed by atoms with Crippen LogP contribution in [-0.2, 0) is 4.79 Å². The Bertz CT molecular complexity index is 980.